The van der Waals surface area contributed by atoms with Gasteiger partial charge in [-0.05, 0) is 24.5 Å². The van der Waals surface area contributed by atoms with Gasteiger partial charge >= 0.3 is 5.97 Å². The van der Waals surface area contributed by atoms with Crippen molar-refractivity contribution in [2.75, 3.05) is 11.1 Å². The quantitative estimate of drug-likeness (QED) is 0.835. The maximum atomic E-state index is 11.5. The van der Waals surface area contributed by atoms with E-state index in [4.69, 9.17) is 0 Å². The van der Waals surface area contributed by atoms with Crippen molar-refractivity contribution in [3.8, 4) is 0 Å². The summed E-state index contributed by atoms with van der Waals surface area (Å²) in [6, 6.07) is -0.486. The molecule has 0 saturated carbocycles. The molecule has 1 aromatic heterocycles. The van der Waals surface area contributed by atoms with E-state index in [1.54, 1.807) is 0 Å². The predicted octanol–water partition coefficient (Wildman–Crippen LogP) is 1.02. The maximum absolute atomic E-state index is 11.5. The highest BCUT2D eigenvalue weighted by Gasteiger charge is 2.26. The second kappa shape index (κ2) is 5.80. The van der Waals surface area contributed by atoms with Gasteiger partial charge in [0, 0.05) is 5.41 Å². The molecule has 2 rings (SSSR count). The zero-order valence-electron chi connectivity index (χ0n) is 11.8. The van der Waals surface area contributed by atoms with E-state index in [9.17, 15) is 18.3 Å². The van der Waals surface area contributed by atoms with Crippen LogP contribution in [-0.2, 0) is 22.7 Å². The average Bonchev–Trinajstić information content (AvgIpc) is 2.76. The van der Waals surface area contributed by atoms with Crippen LogP contribution in [0.15, 0.2) is 11.5 Å². The molecule has 114 valence electrons. The van der Waals surface area contributed by atoms with Gasteiger partial charge in [0.1, 0.15) is 5.56 Å². The molecule has 1 unspecified atom stereocenters. The first kappa shape index (κ1) is 15.4. The second-order valence-electron chi connectivity index (χ2n) is 4.77. The number of sulfone groups is 1. The van der Waals surface area contributed by atoms with E-state index in [0.29, 0.717) is 24.1 Å². The van der Waals surface area contributed by atoms with Crippen LogP contribution in [0.1, 0.15) is 35.5 Å². The zero-order chi connectivity index (χ0) is 15.6. The number of hydrogen-bond acceptors (Lipinski definition) is 6. The molecule has 0 saturated heterocycles. The highest BCUT2D eigenvalue weighted by Crippen LogP contribution is 2.23. The lowest BCUT2D eigenvalue weighted by molar-refractivity contribution is 0.0696. The minimum absolute atomic E-state index is 0.0713. The van der Waals surface area contributed by atoms with Gasteiger partial charge in [-0.1, -0.05) is 13.8 Å². The van der Waals surface area contributed by atoms with E-state index >= 15 is 0 Å². The molecule has 1 aromatic rings. The molecule has 0 radical (unpaired) electrons. The third-order valence-electron chi connectivity index (χ3n) is 3.31. The Morgan fingerprint density at radius 3 is 2.57 bits per heavy atom. The molecule has 21 heavy (non-hydrogen) atoms. The number of rotatable bonds is 5. The molecule has 8 heteroatoms. The van der Waals surface area contributed by atoms with E-state index in [-0.39, 0.29) is 17.1 Å². The van der Waals surface area contributed by atoms with Gasteiger partial charge in [-0.25, -0.2) is 13.2 Å². The molecule has 0 fully saturated rings. The molecular weight excluding hydrogens is 294 g/mol. The summed E-state index contributed by atoms with van der Waals surface area (Å²) in [5.41, 5.74) is 1.35. The van der Waals surface area contributed by atoms with Crippen LogP contribution in [0.4, 0.5) is 5.82 Å². The van der Waals surface area contributed by atoms with E-state index < -0.39 is 21.8 Å². The minimum Gasteiger partial charge on any atom is -0.478 e. The summed E-state index contributed by atoms with van der Waals surface area (Å²) < 4.78 is 22.8. The molecule has 1 aliphatic rings. The Morgan fingerprint density at radius 1 is 1.38 bits per heavy atom. The van der Waals surface area contributed by atoms with Gasteiger partial charge < -0.3 is 10.4 Å². The van der Waals surface area contributed by atoms with Crippen molar-refractivity contribution in [2.45, 2.75) is 32.7 Å². The molecule has 0 spiro atoms. The number of aryl methyl sites for hydroxylation is 1. The molecular formula is C13H17N3O4S. The van der Waals surface area contributed by atoms with Gasteiger partial charge in [0.2, 0.25) is 0 Å². The third-order valence-corrected chi connectivity index (χ3v) is 4.71. The fourth-order valence-corrected chi connectivity index (χ4v) is 3.58. The summed E-state index contributed by atoms with van der Waals surface area (Å²) in [5, 5.41) is 21.4. The monoisotopic (exact) mass is 311 g/mol. The Balaban J connectivity index is 2.40. The number of anilines is 1. The van der Waals surface area contributed by atoms with E-state index in [2.05, 4.69) is 15.5 Å². The lowest BCUT2D eigenvalue weighted by atomic mass is 10.0. The summed E-state index contributed by atoms with van der Waals surface area (Å²) >= 11 is 0. The summed E-state index contributed by atoms with van der Waals surface area (Å²) in [5.74, 6) is -1.09. The highest BCUT2D eigenvalue weighted by molar-refractivity contribution is 7.94. The van der Waals surface area contributed by atoms with Crippen LogP contribution in [0, 0.1) is 0 Å². The summed E-state index contributed by atoms with van der Waals surface area (Å²) in [4.78, 5) is 11.5. The van der Waals surface area contributed by atoms with Crippen LogP contribution >= 0.6 is 0 Å². The Labute approximate surface area is 123 Å². The first-order valence-electron chi connectivity index (χ1n) is 6.67. The van der Waals surface area contributed by atoms with Crippen molar-refractivity contribution in [2.24, 2.45) is 0 Å². The van der Waals surface area contributed by atoms with Gasteiger partial charge in [0.15, 0.2) is 15.7 Å². The lowest BCUT2D eigenvalue weighted by Gasteiger charge is -2.16. The van der Waals surface area contributed by atoms with Gasteiger partial charge in [-0.15, -0.1) is 5.10 Å². The predicted molar refractivity (Wildman–Crippen MR) is 78.1 cm³/mol. The molecule has 2 N–H and O–H groups in total. The van der Waals surface area contributed by atoms with Gasteiger partial charge in [0.25, 0.3) is 0 Å². The van der Waals surface area contributed by atoms with Crippen LogP contribution in [0.5, 0.6) is 0 Å². The molecule has 0 aromatic carbocycles. The fourth-order valence-electron chi connectivity index (χ4n) is 2.35. The summed E-state index contributed by atoms with van der Waals surface area (Å²) in [7, 11) is -3.22. The Bertz CT molecular complexity index is 698. The molecule has 0 bridgehead atoms. The molecule has 0 aliphatic carbocycles. The van der Waals surface area contributed by atoms with E-state index in [1.807, 2.05) is 13.8 Å². The number of carbonyl (C=O) groups is 1. The van der Waals surface area contributed by atoms with Gasteiger partial charge in [0.05, 0.1) is 17.5 Å². The standard InChI is InChI=1S/C13H17N3O4S/c1-3-9-10(4-2)15-16-12(11(9)13(17)18)14-8-5-6-21(19,20)7-8/h5-6,8H,3-4,7H2,1-2H3,(H,14,16)(H,17,18). The molecule has 1 atom stereocenters. The maximum Gasteiger partial charge on any atom is 0.339 e. The Kier molecular flexibility index (Phi) is 4.26. The highest BCUT2D eigenvalue weighted by atomic mass is 32.2. The topological polar surface area (TPSA) is 109 Å². The van der Waals surface area contributed by atoms with Crippen molar-refractivity contribution >= 4 is 21.6 Å². The van der Waals surface area contributed by atoms with Crippen LogP contribution in [0.2, 0.25) is 0 Å². The van der Waals surface area contributed by atoms with Crippen LogP contribution in [0.25, 0.3) is 0 Å². The Hall–Kier alpha value is -1.96. The van der Waals surface area contributed by atoms with Crippen molar-refractivity contribution in [3.63, 3.8) is 0 Å². The minimum atomic E-state index is -3.22. The average molecular weight is 311 g/mol. The number of hydrogen-bond donors (Lipinski definition) is 2. The normalized spacial score (nSPS) is 19.6. The van der Waals surface area contributed by atoms with Crippen LogP contribution < -0.4 is 5.32 Å². The molecule has 1 aliphatic heterocycles. The van der Waals surface area contributed by atoms with Crippen LogP contribution in [0.3, 0.4) is 0 Å². The summed E-state index contributed by atoms with van der Waals surface area (Å²) in [6.45, 7) is 3.74. The third kappa shape index (κ3) is 3.21. The largest absolute Gasteiger partial charge is 0.478 e. The SMILES string of the molecule is CCc1nnc(NC2C=CS(=O)(=O)C2)c(C(=O)O)c1CC. The Morgan fingerprint density at radius 2 is 2.10 bits per heavy atom. The van der Waals surface area contributed by atoms with E-state index in [0.717, 1.165) is 5.41 Å². The zero-order valence-corrected chi connectivity index (χ0v) is 12.6. The first-order valence-corrected chi connectivity index (χ1v) is 8.38. The van der Waals surface area contributed by atoms with E-state index in [1.165, 1.54) is 6.08 Å². The number of aromatic nitrogens is 2. The van der Waals surface area contributed by atoms with Crippen molar-refractivity contribution in [3.05, 3.63) is 28.3 Å². The van der Waals surface area contributed by atoms with Crippen molar-refractivity contribution < 1.29 is 18.3 Å². The summed E-state index contributed by atoms with van der Waals surface area (Å²) in [6.07, 6.45) is 2.60. The second-order valence-corrected chi connectivity index (χ2v) is 6.70. The van der Waals surface area contributed by atoms with Crippen LogP contribution in [-0.4, -0.2) is 41.5 Å². The number of carboxylic acids is 1. The number of aromatic carboxylic acids is 1. The first-order chi connectivity index (χ1) is 9.88. The lowest BCUT2D eigenvalue weighted by Crippen LogP contribution is -2.24. The van der Waals surface area contributed by atoms with Crippen molar-refractivity contribution in [1.82, 2.24) is 10.2 Å². The molecule has 7 nitrogen and oxygen atoms in total. The number of nitrogens with zero attached hydrogens (tertiary/aromatic N) is 2. The van der Waals surface area contributed by atoms with Crippen molar-refractivity contribution in [1.29, 1.82) is 0 Å². The molecule has 2 heterocycles. The fraction of sp³-hybridized carbons (Fsp3) is 0.462. The number of nitrogens with one attached hydrogen (secondary N) is 1. The number of carboxylic acid groups (broad SMARTS) is 1. The van der Waals surface area contributed by atoms with Gasteiger partial charge in [-0.2, -0.15) is 5.10 Å². The van der Waals surface area contributed by atoms with Gasteiger partial charge in [-0.3, -0.25) is 0 Å². The smallest absolute Gasteiger partial charge is 0.339 e. The molecule has 0 amide bonds.